The van der Waals surface area contributed by atoms with Gasteiger partial charge < -0.3 is 24.8 Å². The molecule has 2 heterocycles. The number of carbonyl (C=O) groups excluding carboxylic acids is 1. The lowest BCUT2D eigenvalue weighted by Gasteiger charge is -2.38. The van der Waals surface area contributed by atoms with Crippen molar-refractivity contribution >= 4 is 29.1 Å². The molecule has 0 fully saturated rings. The van der Waals surface area contributed by atoms with Crippen molar-refractivity contribution in [2.75, 3.05) is 25.1 Å². The van der Waals surface area contributed by atoms with Gasteiger partial charge in [-0.2, -0.15) is 0 Å². The lowest BCUT2D eigenvalue weighted by atomic mass is 9.93. The van der Waals surface area contributed by atoms with Crippen molar-refractivity contribution in [3.8, 4) is 0 Å². The first-order valence-electron chi connectivity index (χ1n) is 9.88. The number of halogens is 2. The largest absolute Gasteiger partial charge is 0.382 e. The van der Waals surface area contributed by atoms with Gasteiger partial charge >= 0.3 is 0 Å². The Labute approximate surface area is 184 Å². The Balaban J connectivity index is 2.00. The second-order valence-electron chi connectivity index (χ2n) is 7.00. The molecule has 0 unspecified atom stereocenters. The number of aryl methyl sites for hydroxylation is 1. The van der Waals surface area contributed by atoms with Crippen LogP contribution >= 0.6 is 12.2 Å². The van der Waals surface area contributed by atoms with E-state index < -0.39 is 23.6 Å². The molecule has 1 aromatic heterocycles. The van der Waals surface area contributed by atoms with Gasteiger partial charge in [0.1, 0.15) is 17.4 Å². The standard InChI is InChI=1S/C21H24F2N4O3S/c1-4-29-10-6-9-27-13(3)17(20(28)24-16-11-12(2)30-26-16)19(25-21(27)31)18-14(22)7-5-8-15(18)23/h5,7-8,11,19H,4,6,9-10H2,1-3H3,(H,25,31)(H,24,26,28)/t19-/m0/s1. The van der Waals surface area contributed by atoms with Gasteiger partial charge in [-0.1, -0.05) is 11.2 Å². The number of rotatable bonds is 8. The lowest BCUT2D eigenvalue weighted by Crippen LogP contribution is -2.49. The summed E-state index contributed by atoms with van der Waals surface area (Å²) in [5, 5.41) is 9.60. The van der Waals surface area contributed by atoms with Crippen LogP contribution in [-0.2, 0) is 9.53 Å². The summed E-state index contributed by atoms with van der Waals surface area (Å²) in [6, 6.07) is 3.99. The van der Waals surface area contributed by atoms with E-state index in [1.54, 1.807) is 24.8 Å². The molecule has 0 aliphatic carbocycles. The number of aromatic nitrogens is 1. The Hall–Kier alpha value is -2.85. The Morgan fingerprint density at radius 3 is 2.68 bits per heavy atom. The van der Waals surface area contributed by atoms with Crippen molar-refractivity contribution in [2.45, 2.75) is 33.2 Å². The molecule has 0 bridgehead atoms. The van der Waals surface area contributed by atoms with Gasteiger partial charge in [0.2, 0.25) is 0 Å². The van der Waals surface area contributed by atoms with Gasteiger partial charge in [0.15, 0.2) is 10.9 Å². The number of nitrogens with one attached hydrogen (secondary N) is 2. The van der Waals surface area contributed by atoms with Crippen LogP contribution in [0.4, 0.5) is 14.6 Å². The molecule has 1 amide bonds. The van der Waals surface area contributed by atoms with Crippen LogP contribution < -0.4 is 10.6 Å². The molecule has 2 aromatic rings. The molecule has 2 N–H and O–H groups in total. The third-order valence-corrected chi connectivity index (χ3v) is 5.21. The maximum Gasteiger partial charge on any atom is 0.257 e. The first-order valence-corrected chi connectivity index (χ1v) is 10.3. The van der Waals surface area contributed by atoms with Crippen molar-refractivity contribution in [2.24, 2.45) is 0 Å². The van der Waals surface area contributed by atoms with E-state index >= 15 is 0 Å². The molecule has 0 saturated carbocycles. The predicted molar refractivity (Wildman–Crippen MR) is 115 cm³/mol. The Morgan fingerprint density at radius 2 is 2.06 bits per heavy atom. The van der Waals surface area contributed by atoms with Crippen molar-refractivity contribution in [3.05, 3.63) is 58.5 Å². The third-order valence-electron chi connectivity index (χ3n) is 4.87. The van der Waals surface area contributed by atoms with Gasteiger partial charge in [0.25, 0.3) is 5.91 Å². The maximum atomic E-state index is 14.6. The number of benzene rings is 1. The molecule has 0 radical (unpaired) electrons. The highest BCUT2D eigenvalue weighted by atomic mass is 32.1. The van der Waals surface area contributed by atoms with Crippen LogP contribution in [0.2, 0.25) is 0 Å². The first kappa shape index (κ1) is 22.8. The minimum absolute atomic E-state index is 0.134. The van der Waals surface area contributed by atoms with Crippen LogP contribution in [-0.4, -0.2) is 40.8 Å². The van der Waals surface area contributed by atoms with Gasteiger partial charge in [0.05, 0.1) is 17.2 Å². The number of ether oxygens (including phenoxy) is 1. The summed E-state index contributed by atoms with van der Waals surface area (Å²) in [4.78, 5) is 14.9. The predicted octanol–water partition coefficient (Wildman–Crippen LogP) is 3.83. The number of amides is 1. The zero-order chi connectivity index (χ0) is 22.5. The Kier molecular flexibility index (Phi) is 7.34. The molecule has 0 spiro atoms. The van der Waals surface area contributed by atoms with Crippen LogP contribution in [0, 0.1) is 18.6 Å². The second kappa shape index (κ2) is 9.97. The van der Waals surface area contributed by atoms with E-state index in [1.165, 1.54) is 6.07 Å². The molecule has 1 aliphatic rings. The van der Waals surface area contributed by atoms with E-state index in [-0.39, 0.29) is 22.1 Å². The number of anilines is 1. The molecular formula is C21H24F2N4O3S. The van der Waals surface area contributed by atoms with Gasteiger partial charge in [-0.05, 0) is 51.5 Å². The lowest BCUT2D eigenvalue weighted by molar-refractivity contribution is -0.113. The topological polar surface area (TPSA) is 79.6 Å². The highest BCUT2D eigenvalue weighted by Gasteiger charge is 2.36. The average Bonchev–Trinajstić information content (AvgIpc) is 3.11. The number of allylic oxidation sites excluding steroid dienone is 1. The molecule has 1 aliphatic heterocycles. The van der Waals surface area contributed by atoms with Gasteiger partial charge in [-0.25, -0.2) is 8.78 Å². The summed E-state index contributed by atoms with van der Waals surface area (Å²) < 4.78 is 39.6. The summed E-state index contributed by atoms with van der Waals surface area (Å²) in [5.74, 6) is -1.41. The zero-order valence-corrected chi connectivity index (χ0v) is 18.3. The van der Waals surface area contributed by atoms with E-state index in [0.717, 1.165) is 12.1 Å². The van der Waals surface area contributed by atoms with Crippen LogP contribution in [0.15, 0.2) is 40.1 Å². The normalized spacial score (nSPS) is 16.5. The van der Waals surface area contributed by atoms with E-state index in [0.29, 0.717) is 37.6 Å². The smallest absolute Gasteiger partial charge is 0.257 e. The number of thiocarbonyl (C=S) groups is 1. The molecular weight excluding hydrogens is 426 g/mol. The maximum absolute atomic E-state index is 14.6. The molecule has 1 atom stereocenters. The van der Waals surface area contributed by atoms with Crippen molar-refractivity contribution in [3.63, 3.8) is 0 Å². The fourth-order valence-corrected chi connectivity index (χ4v) is 3.77. The summed E-state index contributed by atoms with van der Waals surface area (Å²) in [5.41, 5.74) is 0.347. The van der Waals surface area contributed by atoms with Gasteiger partial charge in [-0.3, -0.25) is 4.79 Å². The van der Waals surface area contributed by atoms with Gasteiger partial charge in [-0.15, -0.1) is 0 Å². The van der Waals surface area contributed by atoms with Crippen molar-refractivity contribution in [1.29, 1.82) is 0 Å². The summed E-state index contributed by atoms with van der Waals surface area (Å²) in [6.45, 7) is 6.88. The fraction of sp³-hybridized carbons (Fsp3) is 0.381. The fourth-order valence-electron chi connectivity index (χ4n) is 3.43. The molecule has 166 valence electrons. The van der Waals surface area contributed by atoms with Crippen molar-refractivity contribution in [1.82, 2.24) is 15.4 Å². The van der Waals surface area contributed by atoms with E-state index in [9.17, 15) is 13.6 Å². The molecule has 0 saturated heterocycles. The molecule has 10 heteroatoms. The quantitative estimate of drug-likeness (QED) is 0.467. The zero-order valence-electron chi connectivity index (χ0n) is 17.5. The minimum atomic E-state index is -1.11. The number of nitrogens with zero attached hydrogens (tertiary/aromatic N) is 2. The SMILES string of the molecule is CCOCCCN1C(=S)N[C@H](c2c(F)cccc2F)C(C(=O)Nc2cc(C)on2)=C1C. The van der Waals surface area contributed by atoms with E-state index in [2.05, 4.69) is 15.8 Å². The molecule has 1 aromatic carbocycles. The Bertz CT molecular complexity index is 988. The van der Waals surface area contributed by atoms with Crippen LogP contribution in [0.25, 0.3) is 0 Å². The number of carbonyl (C=O) groups is 1. The first-order chi connectivity index (χ1) is 14.8. The Morgan fingerprint density at radius 1 is 1.35 bits per heavy atom. The highest BCUT2D eigenvalue weighted by molar-refractivity contribution is 7.80. The summed E-state index contributed by atoms with van der Waals surface area (Å²) >= 11 is 5.45. The monoisotopic (exact) mass is 450 g/mol. The summed E-state index contributed by atoms with van der Waals surface area (Å²) in [7, 11) is 0. The third kappa shape index (κ3) is 5.08. The second-order valence-corrected chi connectivity index (χ2v) is 7.38. The van der Waals surface area contributed by atoms with Crippen molar-refractivity contribution < 1.29 is 22.8 Å². The average molecular weight is 451 g/mol. The summed E-state index contributed by atoms with van der Waals surface area (Å²) in [6.07, 6.45) is 0.656. The minimum Gasteiger partial charge on any atom is -0.382 e. The van der Waals surface area contributed by atoms with Crippen LogP contribution in [0.1, 0.15) is 37.6 Å². The number of hydrogen-bond donors (Lipinski definition) is 2. The molecule has 3 rings (SSSR count). The van der Waals surface area contributed by atoms with Crippen LogP contribution in [0.5, 0.6) is 0 Å². The molecule has 7 nitrogen and oxygen atoms in total. The number of hydrogen-bond acceptors (Lipinski definition) is 5. The van der Waals surface area contributed by atoms with E-state index in [1.807, 2.05) is 6.92 Å². The van der Waals surface area contributed by atoms with Crippen LogP contribution in [0.3, 0.4) is 0 Å². The molecule has 31 heavy (non-hydrogen) atoms. The highest BCUT2D eigenvalue weighted by Crippen LogP contribution is 2.34. The van der Waals surface area contributed by atoms with E-state index in [4.69, 9.17) is 21.5 Å². The van der Waals surface area contributed by atoms with Gasteiger partial charge in [0, 0.05) is 31.5 Å².